The molecule has 1 aromatic carbocycles. The molecule has 0 aliphatic carbocycles. The van der Waals surface area contributed by atoms with E-state index in [1.807, 2.05) is 24.3 Å². The maximum atomic E-state index is 12.0. The van der Waals surface area contributed by atoms with Crippen LogP contribution >= 0.6 is 11.8 Å². The van der Waals surface area contributed by atoms with Gasteiger partial charge in [0.15, 0.2) is 4.75 Å². The number of hydrogen-bond donors (Lipinski definition) is 1. The maximum absolute atomic E-state index is 12.0. The summed E-state index contributed by atoms with van der Waals surface area (Å²) in [4.78, 5) is 24.7. The van der Waals surface area contributed by atoms with Crippen molar-refractivity contribution in [2.45, 2.75) is 23.5 Å². The summed E-state index contributed by atoms with van der Waals surface area (Å²) in [5, 5.41) is 2.73. The fraction of sp³-hybridized carbons (Fsp3) is 0.333. The van der Waals surface area contributed by atoms with Crippen LogP contribution in [-0.4, -0.2) is 23.2 Å². The first-order chi connectivity index (χ1) is 8.08. The lowest BCUT2D eigenvalue weighted by molar-refractivity contribution is -0.148. The molecule has 0 saturated carbocycles. The fourth-order valence-electron chi connectivity index (χ4n) is 1.57. The van der Waals surface area contributed by atoms with E-state index >= 15 is 0 Å². The molecule has 1 N–H and O–H groups in total. The van der Waals surface area contributed by atoms with Gasteiger partial charge < -0.3 is 10.1 Å². The minimum Gasteiger partial charge on any atom is -0.465 e. The van der Waals surface area contributed by atoms with E-state index in [-0.39, 0.29) is 12.5 Å². The topological polar surface area (TPSA) is 55.4 Å². The number of hydrogen-bond acceptors (Lipinski definition) is 4. The number of rotatable bonds is 2. The quantitative estimate of drug-likeness (QED) is 0.645. The van der Waals surface area contributed by atoms with Gasteiger partial charge in [-0.1, -0.05) is 23.9 Å². The smallest absolute Gasteiger partial charge is 0.332 e. The van der Waals surface area contributed by atoms with Crippen LogP contribution in [0.4, 0.5) is 5.69 Å². The molecular formula is C12H13NO3S. The SMILES string of the molecule is CCOC(=O)C1(C)Sc2ccccc2NC1=O. The zero-order chi connectivity index (χ0) is 12.5. The predicted octanol–water partition coefficient (Wildman–Crippen LogP) is 2.05. The molecule has 1 aliphatic rings. The second-order valence-corrected chi connectivity index (χ2v) is 5.27. The van der Waals surface area contributed by atoms with E-state index in [2.05, 4.69) is 5.32 Å². The summed E-state index contributed by atoms with van der Waals surface area (Å²) in [6.45, 7) is 3.57. The molecule has 0 bridgehead atoms. The Morgan fingerprint density at radius 1 is 1.47 bits per heavy atom. The van der Waals surface area contributed by atoms with Crippen molar-refractivity contribution in [3.8, 4) is 0 Å². The van der Waals surface area contributed by atoms with Crippen molar-refractivity contribution >= 4 is 29.3 Å². The highest BCUT2D eigenvalue weighted by atomic mass is 32.2. The number of benzene rings is 1. The van der Waals surface area contributed by atoms with Crippen molar-refractivity contribution in [1.29, 1.82) is 0 Å². The van der Waals surface area contributed by atoms with Gasteiger partial charge in [0.2, 0.25) is 0 Å². The van der Waals surface area contributed by atoms with Crippen LogP contribution in [0.3, 0.4) is 0 Å². The molecule has 1 atom stereocenters. The minimum absolute atomic E-state index is 0.268. The van der Waals surface area contributed by atoms with Crippen molar-refractivity contribution in [3.63, 3.8) is 0 Å². The first-order valence-corrected chi connectivity index (χ1v) is 6.16. The number of para-hydroxylation sites is 1. The van der Waals surface area contributed by atoms with E-state index in [9.17, 15) is 9.59 Å². The third-order valence-corrected chi connectivity index (χ3v) is 3.88. The number of fused-ring (bicyclic) bond motifs is 1. The van der Waals surface area contributed by atoms with Crippen LogP contribution in [0.2, 0.25) is 0 Å². The average Bonchev–Trinajstić information content (AvgIpc) is 2.31. The highest BCUT2D eigenvalue weighted by molar-refractivity contribution is 8.02. The van der Waals surface area contributed by atoms with Crippen LogP contribution in [0, 0.1) is 0 Å². The van der Waals surface area contributed by atoms with Crippen molar-refractivity contribution in [2.24, 2.45) is 0 Å². The number of thioether (sulfide) groups is 1. The Bertz CT molecular complexity index is 475. The molecule has 1 aromatic rings. The normalized spacial score (nSPS) is 22.6. The Morgan fingerprint density at radius 3 is 2.88 bits per heavy atom. The third kappa shape index (κ3) is 2.02. The van der Waals surface area contributed by atoms with Crippen molar-refractivity contribution in [1.82, 2.24) is 0 Å². The zero-order valence-electron chi connectivity index (χ0n) is 9.65. The summed E-state index contributed by atoms with van der Waals surface area (Å²) in [6.07, 6.45) is 0. The number of carbonyl (C=O) groups excluding carboxylic acids is 2. The van der Waals surface area contributed by atoms with E-state index in [1.54, 1.807) is 13.8 Å². The molecule has 1 amide bonds. The van der Waals surface area contributed by atoms with Crippen LogP contribution in [0.15, 0.2) is 29.2 Å². The molecule has 0 spiro atoms. The second-order valence-electron chi connectivity index (χ2n) is 3.81. The number of amides is 1. The van der Waals surface area contributed by atoms with Gasteiger partial charge in [-0.25, -0.2) is 4.79 Å². The molecule has 1 heterocycles. The summed E-state index contributed by atoms with van der Waals surface area (Å²) in [7, 11) is 0. The number of nitrogens with one attached hydrogen (secondary N) is 1. The molecule has 0 fully saturated rings. The van der Waals surface area contributed by atoms with Gasteiger partial charge >= 0.3 is 5.97 Å². The van der Waals surface area contributed by atoms with Crippen LogP contribution in [0.5, 0.6) is 0 Å². The summed E-state index contributed by atoms with van der Waals surface area (Å²) in [5.74, 6) is -0.836. The van der Waals surface area contributed by atoms with Gasteiger partial charge in [-0.05, 0) is 26.0 Å². The van der Waals surface area contributed by atoms with Crippen molar-refractivity contribution in [3.05, 3.63) is 24.3 Å². The molecule has 4 nitrogen and oxygen atoms in total. The largest absolute Gasteiger partial charge is 0.465 e. The average molecular weight is 251 g/mol. The number of carbonyl (C=O) groups is 2. The van der Waals surface area contributed by atoms with Gasteiger partial charge in [-0.3, -0.25) is 4.79 Å². The molecule has 2 rings (SSSR count). The Balaban J connectivity index is 2.34. The van der Waals surface area contributed by atoms with Gasteiger partial charge in [0, 0.05) is 4.90 Å². The Hall–Kier alpha value is -1.49. The van der Waals surface area contributed by atoms with Gasteiger partial charge in [-0.2, -0.15) is 0 Å². The van der Waals surface area contributed by atoms with Crippen molar-refractivity contribution in [2.75, 3.05) is 11.9 Å². The van der Waals surface area contributed by atoms with Gasteiger partial charge in [0.25, 0.3) is 5.91 Å². The lowest BCUT2D eigenvalue weighted by Gasteiger charge is -2.30. The number of esters is 1. The lowest BCUT2D eigenvalue weighted by Crippen LogP contribution is -2.47. The van der Waals surface area contributed by atoms with E-state index in [4.69, 9.17) is 4.74 Å². The first kappa shape index (κ1) is 12.0. The van der Waals surface area contributed by atoms with Crippen LogP contribution < -0.4 is 5.32 Å². The van der Waals surface area contributed by atoms with Crippen molar-refractivity contribution < 1.29 is 14.3 Å². The highest BCUT2D eigenvalue weighted by Crippen LogP contribution is 2.42. The lowest BCUT2D eigenvalue weighted by atomic mass is 10.1. The van der Waals surface area contributed by atoms with E-state index in [1.165, 1.54) is 11.8 Å². The van der Waals surface area contributed by atoms with Gasteiger partial charge in [0.1, 0.15) is 0 Å². The molecule has 90 valence electrons. The van der Waals surface area contributed by atoms with Crippen LogP contribution in [0.25, 0.3) is 0 Å². The van der Waals surface area contributed by atoms with E-state index in [0.717, 1.165) is 10.6 Å². The molecule has 0 saturated heterocycles. The minimum atomic E-state index is -1.20. The van der Waals surface area contributed by atoms with E-state index < -0.39 is 10.7 Å². The Labute approximate surface area is 104 Å². The fourth-order valence-corrected chi connectivity index (χ4v) is 2.67. The molecule has 1 aliphatic heterocycles. The zero-order valence-corrected chi connectivity index (χ0v) is 10.5. The van der Waals surface area contributed by atoms with Gasteiger partial charge in [0.05, 0.1) is 12.3 Å². The summed E-state index contributed by atoms with van der Waals surface area (Å²) in [5.41, 5.74) is 0.740. The molecule has 1 unspecified atom stereocenters. The molecule has 0 aromatic heterocycles. The van der Waals surface area contributed by atoms with Crippen LogP contribution in [0.1, 0.15) is 13.8 Å². The first-order valence-electron chi connectivity index (χ1n) is 5.34. The summed E-state index contributed by atoms with van der Waals surface area (Å²) >= 11 is 1.23. The van der Waals surface area contributed by atoms with E-state index in [0.29, 0.717) is 0 Å². The maximum Gasteiger partial charge on any atom is 0.332 e. The molecule has 17 heavy (non-hydrogen) atoms. The highest BCUT2D eigenvalue weighted by Gasteiger charge is 2.47. The Morgan fingerprint density at radius 2 is 2.18 bits per heavy atom. The standard InChI is InChI=1S/C12H13NO3S/c1-3-16-11(15)12(2)10(14)13-8-6-4-5-7-9(8)17-12/h4-7H,3H2,1-2H3,(H,13,14). The molecular weight excluding hydrogens is 238 g/mol. The van der Waals surface area contributed by atoms with Crippen LogP contribution in [-0.2, 0) is 14.3 Å². The van der Waals surface area contributed by atoms with Gasteiger partial charge in [-0.15, -0.1) is 0 Å². The molecule has 0 radical (unpaired) electrons. The monoisotopic (exact) mass is 251 g/mol. The Kier molecular flexibility index (Phi) is 3.11. The summed E-state index contributed by atoms with van der Waals surface area (Å²) in [6, 6.07) is 7.39. The number of ether oxygens (including phenoxy) is 1. The number of anilines is 1. The summed E-state index contributed by atoms with van der Waals surface area (Å²) < 4.78 is 3.75. The predicted molar refractivity (Wildman–Crippen MR) is 66.0 cm³/mol. The molecule has 5 heteroatoms. The third-order valence-electron chi connectivity index (χ3n) is 2.55. The second kappa shape index (κ2) is 4.41.